The number of halogens is 2. The van der Waals surface area contributed by atoms with E-state index in [1.54, 1.807) is 0 Å². The van der Waals surface area contributed by atoms with Crippen molar-refractivity contribution in [1.29, 1.82) is 0 Å². The molecule has 106 valence electrons. The Kier molecular flexibility index (Phi) is 5.59. The number of hydrogen-bond acceptors (Lipinski definition) is 2. The van der Waals surface area contributed by atoms with Crippen LogP contribution >= 0.6 is 22.6 Å². The SMILES string of the molecule is CC1CC(OC(CI)c2ccc(F)cc2)CC(C)O1. The van der Waals surface area contributed by atoms with Crippen molar-refractivity contribution < 1.29 is 13.9 Å². The molecule has 1 aliphatic heterocycles. The minimum absolute atomic E-state index is 0.0312. The van der Waals surface area contributed by atoms with Gasteiger partial charge in [-0.25, -0.2) is 4.39 Å². The molecule has 0 bridgehead atoms. The second-order valence-corrected chi connectivity index (χ2v) is 6.06. The Hall–Kier alpha value is -0.200. The molecule has 3 atom stereocenters. The monoisotopic (exact) mass is 378 g/mol. The van der Waals surface area contributed by atoms with E-state index in [4.69, 9.17) is 9.47 Å². The van der Waals surface area contributed by atoms with Crippen LogP contribution in [0.1, 0.15) is 38.4 Å². The summed E-state index contributed by atoms with van der Waals surface area (Å²) in [6, 6.07) is 6.61. The molecule has 3 unspecified atom stereocenters. The summed E-state index contributed by atoms with van der Waals surface area (Å²) in [6.07, 6.45) is 2.61. The Labute approximate surface area is 127 Å². The fourth-order valence-electron chi connectivity index (χ4n) is 2.57. The smallest absolute Gasteiger partial charge is 0.123 e. The minimum atomic E-state index is -0.204. The van der Waals surface area contributed by atoms with Crippen LogP contribution in [-0.2, 0) is 9.47 Å². The lowest BCUT2D eigenvalue weighted by atomic mass is 10.0. The quantitative estimate of drug-likeness (QED) is 0.576. The molecule has 0 N–H and O–H groups in total. The van der Waals surface area contributed by atoms with E-state index < -0.39 is 0 Å². The van der Waals surface area contributed by atoms with Crippen LogP contribution in [0.4, 0.5) is 4.39 Å². The van der Waals surface area contributed by atoms with E-state index >= 15 is 0 Å². The molecule has 2 nitrogen and oxygen atoms in total. The molecular weight excluding hydrogens is 358 g/mol. The molecule has 0 spiro atoms. The van der Waals surface area contributed by atoms with Crippen molar-refractivity contribution >= 4 is 22.6 Å². The maximum Gasteiger partial charge on any atom is 0.123 e. The molecule has 4 heteroatoms. The van der Waals surface area contributed by atoms with Crippen molar-refractivity contribution in [2.75, 3.05) is 4.43 Å². The molecule has 1 saturated heterocycles. The molecular formula is C15H20FIO2. The lowest BCUT2D eigenvalue weighted by Gasteiger charge is -2.34. The van der Waals surface area contributed by atoms with E-state index in [1.165, 1.54) is 12.1 Å². The zero-order valence-corrected chi connectivity index (χ0v) is 13.5. The van der Waals surface area contributed by atoms with Crippen molar-refractivity contribution in [2.24, 2.45) is 0 Å². The zero-order chi connectivity index (χ0) is 13.8. The first kappa shape index (κ1) is 15.2. The normalized spacial score (nSPS) is 29.2. The van der Waals surface area contributed by atoms with Crippen LogP contribution in [-0.4, -0.2) is 22.7 Å². The highest BCUT2D eigenvalue weighted by molar-refractivity contribution is 14.1. The second-order valence-electron chi connectivity index (χ2n) is 5.18. The maximum atomic E-state index is 13.0. The molecule has 19 heavy (non-hydrogen) atoms. The summed E-state index contributed by atoms with van der Waals surface area (Å²) in [5, 5.41) is 0. The van der Waals surface area contributed by atoms with Gasteiger partial charge in [-0.2, -0.15) is 0 Å². The highest BCUT2D eigenvalue weighted by Crippen LogP contribution is 2.28. The van der Waals surface area contributed by atoms with Crippen LogP contribution in [0.3, 0.4) is 0 Å². The van der Waals surface area contributed by atoms with E-state index in [9.17, 15) is 4.39 Å². The molecule has 0 aromatic heterocycles. The van der Waals surface area contributed by atoms with Gasteiger partial charge in [0.2, 0.25) is 0 Å². The minimum Gasteiger partial charge on any atom is -0.375 e. The number of alkyl halides is 1. The predicted molar refractivity (Wildman–Crippen MR) is 82.1 cm³/mol. The van der Waals surface area contributed by atoms with Crippen molar-refractivity contribution in [3.63, 3.8) is 0 Å². The van der Waals surface area contributed by atoms with Crippen LogP contribution in [0, 0.1) is 5.82 Å². The van der Waals surface area contributed by atoms with E-state index in [1.807, 2.05) is 12.1 Å². The van der Waals surface area contributed by atoms with Crippen LogP contribution in [0.15, 0.2) is 24.3 Å². The molecule has 1 heterocycles. The third kappa shape index (κ3) is 4.39. The van der Waals surface area contributed by atoms with E-state index in [2.05, 4.69) is 36.4 Å². The molecule has 0 aliphatic carbocycles. The molecule has 1 aromatic rings. The van der Waals surface area contributed by atoms with Gasteiger partial charge < -0.3 is 9.47 Å². The Morgan fingerprint density at radius 2 is 1.84 bits per heavy atom. The Balaban J connectivity index is 2.00. The first-order chi connectivity index (χ1) is 9.08. The summed E-state index contributed by atoms with van der Waals surface area (Å²) in [7, 11) is 0. The second kappa shape index (κ2) is 6.99. The van der Waals surface area contributed by atoms with Crippen LogP contribution in [0.2, 0.25) is 0 Å². The Morgan fingerprint density at radius 1 is 1.26 bits per heavy atom. The molecule has 2 rings (SSSR count). The van der Waals surface area contributed by atoms with Crippen LogP contribution in [0.5, 0.6) is 0 Å². The van der Waals surface area contributed by atoms with Crippen LogP contribution < -0.4 is 0 Å². The molecule has 1 aromatic carbocycles. The predicted octanol–water partition coefficient (Wildman–Crippen LogP) is 4.27. The van der Waals surface area contributed by atoms with Crippen molar-refractivity contribution in [3.05, 3.63) is 35.6 Å². The van der Waals surface area contributed by atoms with Gasteiger partial charge in [-0.05, 0) is 44.4 Å². The third-order valence-electron chi connectivity index (χ3n) is 3.39. The zero-order valence-electron chi connectivity index (χ0n) is 11.3. The largest absolute Gasteiger partial charge is 0.375 e. The standard InChI is InChI=1S/C15H20FIO2/c1-10-7-14(8-11(2)18-10)19-15(9-17)12-3-5-13(16)6-4-12/h3-6,10-11,14-15H,7-9H2,1-2H3. The lowest BCUT2D eigenvalue weighted by molar-refractivity contribution is -0.118. The van der Waals surface area contributed by atoms with E-state index in [0.29, 0.717) is 0 Å². The number of ether oxygens (including phenoxy) is 2. The van der Waals surface area contributed by atoms with Gasteiger partial charge in [-0.1, -0.05) is 34.7 Å². The lowest BCUT2D eigenvalue weighted by Crippen LogP contribution is -2.35. The van der Waals surface area contributed by atoms with Gasteiger partial charge in [0, 0.05) is 4.43 Å². The topological polar surface area (TPSA) is 18.5 Å². The first-order valence-electron chi connectivity index (χ1n) is 6.71. The van der Waals surface area contributed by atoms with Gasteiger partial charge >= 0.3 is 0 Å². The average molecular weight is 378 g/mol. The summed E-state index contributed by atoms with van der Waals surface area (Å²) in [5.41, 5.74) is 1.04. The van der Waals surface area contributed by atoms with Gasteiger partial charge in [0.25, 0.3) is 0 Å². The average Bonchev–Trinajstić information content (AvgIpc) is 2.36. The summed E-state index contributed by atoms with van der Waals surface area (Å²) < 4.78 is 25.7. The van der Waals surface area contributed by atoms with Gasteiger partial charge in [-0.15, -0.1) is 0 Å². The first-order valence-corrected chi connectivity index (χ1v) is 8.23. The van der Waals surface area contributed by atoms with E-state index in [0.717, 1.165) is 22.8 Å². The summed E-state index contributed by atoms with van der Waals surface area (Å²) in [6.45, 7) is 4.17. The van der Waals surface area contributed by atoms with Gasteiger partial charge in [0.1, 0.15) is 5.82 Å². The number of benzene rings is 1. The Bertz CT molecular complexity index is 386. The number of hydrogen-bond donors (Lipinski definition) is 0. The summed E-state index contributed by atoms with van der Waals surface area (Å²) >= 11 is 2.32. The molecule has 0 saturated carbocycles. The fourth-order valence-corrected chi connectivity index (χ4v) is 3.29. The number of rotatable bonds is 4. The summed E-state index contributed by atoms with van der Waals surface area (Å²) in [4.78, 5) is 0. The van der Waals surface area contributed by atoms with Gasteiger partial charge in [0.05, 0.1) is 24.4 Å². The molecule has 0 radical (unpaired) electrons. The highest BCUT2D eigenvalue weighted by Gasteiger charge is 2.27. The summed E-state index contributed by atoms with van der Waals surface area (Å²) in [5.74, 6) is -0.204. The molecule has 0 amide bonds. The Morgan fingerprint density at radius 3 is 2.37 bits per heavy atom. The molecule has 1 aliphatic rings. The van der Waals surface area contributed by atoms with Crippen molar-refractivity contribution in [3.8, 4) is 0 Å². The highest BCUT2D eigenvalue weighted by atomic mass is 127. The van der Waals surface area contributed by atoms with Crippen molar-refractivity contribution in [2.45, 2.75) is 51.1 Å². The maximum absolute atomic E-state index is 13.0. The fraction of sp³-hybridized carbons (Fsp3) is 0.600. The molecule has 1 fully saturated rings. The van der Waals surface area contributed by atoms with Crippen molar-refractivity contribution in [1.82, 2.24) is 0 Å². The van der Waals surface area contributed by atoms with Crippen LogP contribution in [0.25, 0.3) is 0 Å². The third-order valence-corrected chi connectivity index (χ3v) is 4.19. The van der Waals surface area contributed by atoms with E-state index in [-0.39, 0.29) is 30.2 Å². The van der Waals surface area contributed by atoms with Gasteiger partial charge in [-0.3, -0.25) is 0 Å². The van der Waals surface area contributed by atoms with Gasteiger partial charge in [0.15, 0.2) is 0 Å².